The zero-order chi connectivity index (χ0) is 17.6. The van der Waals surface area contributed by atoms with Gasteiger partial charge in [-0.05, 0) is 30.5 Å². The highest BCUT2D eigenvalue weighted by Crippen LogP contribution is 2.32. The van der Waals surface area contributed by atoms with E-state index in [1.807, 2.05) is 30.5 Å². The number of nitrogens with two attached hydrogens (primary N) is 1. The number of anilines is 1. The molecular formula is C18H20FN3O2S. The summed E-state index contributed by atoms with van der Waals surface area (Å²) in [5.41, 5.74) is 7.22. The third-order valence-corrected chi connectivity index (χ3v) is 4.55. The van der Waals surface area contributed by atoms with Crippen molar-refractivity contribution in [1.29, 1.82) is 0 Å². The van der Waals surface area contributed by atoms with Gasteiger partial charge in [0.1, 0.15) is 5.82 Å². The highest BCUT2D eigenvalue weighted by molar-refractivity contribution is 7.98. The second-order valence-electron chi connectivity index (χ2n) is 5.46. The smallest absolute Gasteiger partial charge is 0.193 e. The van der Waals surface area contributed by atoms with Crippen LogP contribution in [0.25, 0.3) is 0 Å². The van der Waals surface area contributed by atoms with Crippen molar-refractivity contribution in [3.05, 3.63) is 47.8 Å². The quantitative estimate of drug-likeness (QED) is 0.494. The summed E-state index contributed by atoms with van der Waals surface area (Å²) in [6.45, 7) is 1.43. The minimum absolute atomic E-state index is 0.173. The molecule has 1 heterocycles. The van der Waals surface area contributed by atoms with Gasteiger partial charge in [0, 0.05) is 28.6 Å². The Morgan fingerprint density at radius 3 is 2.84 bits per heavy atom. The van der Waals surface area contributed by atoms with E-state index in [-0.39, 0.29) is 18.3 Å². The second-order valence-corrected chi connectivity index (χ2v) is 6.31. The molecule has 0 spiro atoms. The molecule has 1 aliphatic heterocycles. The molecule has 0 atom stereocenters. The zero-order valence-electron chi connectivity index (χ0n) is 13.9. The van der Waals surface area contributed by atoms with Crippen LogP contribution in [0, 0.1) is 5.82 Å². The lowest BCUT2D eigenvalue weighted by molar-refractivity contribution is 0.297. The number of thioether (sulfide) groups is 1. The molecule has 5 nitrogen and oxygen atoms in total. The molecule has 3 N–H and O–H groups in total. The number of hydrogen-bond donors (Lipinski definition) is 2. The first kappa shape index (κ1) is 17.4. The van der Waals surface area contributed by atoms with E-state index in [2.05, 4.69) is 10.3 Å². The summed E-state index contributed by atoms with van der Waals surface area (Å²) in [5, 5.41) is 3.00. The number of nitrogens with one attached hydrogen (secondary N) is 1. The van der Waals surface area contributed by atoms with Gasteiger partial charge in [-0.1, -0.05) is 6.07 Å². The van der Waals surface area contributed by atoms with E-state index in [1.54, 1.807) is 6.07 Å². The number of aliphatic imine (C=N–C) groups is 1. The number of hydrogen-bond acceptors (Lipinski definition) is 4. The Kier molecular flexibility index (Phi) is 5.65. The first-order valence-corrected chi connectivity index (χ1v) is 9.18. The van der Waals surface area contributed by atoms with E-state index in [0.717, 1.165) is 22.8 Å². The Balaban J connectivity index is 1.71. The van der Waals surface area contributed by atoms with Gasteiger partial charge in [0.25, 0.3) is 0 Å². The van der Waals surface area contributed by atoms with Gasteiger partial charge >= 0.3 is 0 Å². The topological polar surface area (TPSA) is 68.9 Å². The summed E-state index contributed by atoms with van der Waals surface area (Å²) < 4.78 is 25.2. The third-order valence-electron chi connectivity index (χ3n) is 3.72. The van der Waals surface area contributed by atoms with Gasteiger partial charge in [0.05, 0.1) is 19.8 Å². The van der Waals surface area contributed by atoms with Crippen molar-refractivity contribution in [2.24, 2.45) is 10.7 Å². The average Bonchev–Trinajstić information content (AvgIpc) is 2.85. The maximum absolute atomic E-state index is 14.0. The fraction of sp³-hybridized carbons (Fsp3) is 0.278. The van der Waals surface area contributed by atoms with E-state index in [1.165, 1.54) is 17.8 Å². The maximum Gasteiger partial charge on any atom is 0.193 e. The minimum Gasteiger partial charge on any atom is -0.490 e. The number of ether oxygens (including phenoxy) is 2. The molecule has 0 amide bonds. The largest absolute Gasteiger partial charge is 0.490 e. The standard InChI is InChI=1S/C18H20FN3O2S/c1-25-17-5-2-4-14(19)13(17)11-21-18(20)22-12-6-7-15-16(10-12)24-9-3-8-23-15/h2,4-7,10H,3,8-9,11H2,1H3,(H3,20,21,22). The van der Waals surface area contributed by atoms with Gasteiger partial charge in [-0.2, -0.15) is 0 Å². The monoisotopic (exact) mass is 361 g/mol. The van der Waals surface area contributed by atoms with Crippen molar-refractivity contribution < 1.29 is 13.9 Å². The molecule has 3 rings (SSSR count). The van der Waals surface area contributed by atoms with Crippen molar-refractivity contribution in [3.63, 3.8) is 0 Å². The lowest BCUT2D eigenvalue weighted by Crippen LogP contribution is -2.22. The third kappa shape index (κ3) is 4.36. The zero-order valence-corrected chi connectivity index (χ0v) is 14.7. The van der Waals surface area contributed by atoms with Crippen molar-refractivity contribution in [1.82, 2.24) is 0 Å². The number of halogens is 1. The Labute approximate surface area is 150 Å². The first-order chi connectivity index (χ1) is 12.2. The van der Waals surface area contributed by atoms with Gasteiger partial charge in [-0.15, -0.1) is 11.8 Å². The van der Waals surface area contributed by atoms with Gasteiger partial charge in [0.2, 0.25) is 0 Å². The Hall–Kier alpha value is -2.41. The predicted molar refractivity (Wildman–Crippen MR) is 99.2 cm³/mol. The number of nitrogens with zero attached hydrogens (tertiary/aromatic N) is 1. The molecule has 0 unspecified atom stereocenters. The van der Waals surface area contributed by atoms with Gasteiger partial charge < -0.3 is 20.5 Å². The summed E-state index contributed by atoms with van der Waals surface area (Å²) in [6.07, 6.45) is 2.75. The minimum atomic E-state index is -0.279. The summed E-state index contributed by atoms with van der Waals surface area (Å²) in [5.74, 6) is 1.33. The van der Waals surface area contributed by atoms with Gasteiger partial charge in [-0.3, -0.25) is 0 Å². The van der Waals surface area contributed by atoms with Crippen LogP contribution in [-0.4, -0.2) is 25.4 Å². The van der Waals surface area contributed by atoms with E-state index in [0.29, 0.717) is 24.5 Å². The molecule has 7 heteroatoms. The predicted octanol–water partition coefficient (Wildman–Crippen LogP) is 3.64. The molecule has 0 aromatic heterocycles. The van der Waals surface area contributed by atoms with Crippen LogP contribution in [0.3, 0.4) is 0 Å². The first-order valence-electron chi connectivity index (χ1n) is 7.95. The lowest BCUT2D eigenvalue weighted by Gasteiger charge is -2.11. The molecule has 25 heavy (non-hydrogen) atoms. The summed E-state index contributed by atoms with van der Waals surface area (Å²) >= 11 is 1.48. The highest BCUT2D eigenvalue weighted by atomic mass is 32.2. The number of benzene rings is 2. The SMILES string of the molecule is CSc1cccc(F)c1CN=C(N)Nc1ccc2c(c1)OCCCO2. The van der Waals surface area contributed by atoms with Crippen LogP contribution in [0.1, 0.15) is 12.0 Å². The molecule has 0 saturated heterocycles. The van der Waals surface area contributed by atoms with Gasteiger partial charge in [0.15, 0.2) is 17.5 Å². The van der Waals surface area contributed by atoms with Crippen LogP contribution in [0.5, 0.6) is 11.5 Å². The Morgan fingerprint density at radius 1 is 1.24 bits per heavy atom. The summed E-state index contributed by atoms with van der Waals surface area (Å²) in [4.78, 5) is 5.10. The fourth-order valence-corrected chi connectivity index (χ4v) is 3.10. The number of rotatable bonds is 4. The summed E-state index contributed by atoms with van der Waals surface area (Å²) in [7, 11) is 0. The number of guanidine groups is 1. The molecule has 0 fully saturated rings. The van der Waals surface area contributed by atoms with E-state index < -0.39 is 0 Å². The molecule has 2 aromatic carbocycles. The van der Waals surface area contributed by atoms with Gasteiger partial charge in [-0.25, -0.2) is 9.38 Å². The average molecular weight is 361 g/mol. The van der Waals surface area contributed by atoms with E-state index in [4.69, 9.17) is 15.2 Å². The van der Waals surface area contributed by atoms with E-state index >= 15 is 0 Å². The second kappa shape index (κ2) is 8.11. The van der Waals surface area contributed by atoms with Crippen molar-refractivity contribution in [2.75, 3.05) is 24.8 Å². The van der Waals surface area contributed by atoms with Crippen LogP contribution in [0.4, 0.5) is 10.1 Å². The van der Waals surface area contributed by atoms with Crippen LogP contribution in [0.2, 0.25) is 0 Å². The maximum atomic E-state index is 14.0. The van der Waals surface area contributed by atoms with Crippen LogP contribution in [-0.2, 0) is 6.54 Å². The van der Waals surface area contributed by atoms with Crippen LogP contribution >= 0.6 is 11.8 Å². The van der Waals surface area contributed by atoms with Crippen LogP contribution in [0.15, 0.2) is 46.3 Å². The number of fused-ring (bicyclic) bond motifs is 1. The molecular weight excluding hydrogens is 341 g/mol. The molecule has 0 bridgehead atoms. The van der Waals surface area contributed by atoms with Crippen LogP contribution < -0.4 is 20.5 Å². The fourth-order valence-electron chi connectivity index (χ4n) is 2.48. The van der Waals surface area contributed by atoms with Crippen molar-refractivity contribution in [3.8, 4) is 11.5 Å². The normalized spacial score (nSPS) is 14.1. The lowest BCUT2D eigenvalue weighted by atomic mass is 10.2. The molecule has 2 aromatic rings. The van der Waals surface area contributed by atoms with E-state index in [9.17, 15) is 4.39 Å². The highest BCUT2D eigenvalue weighted by Gasteiger charge is 2.11. The Bertz CT molecular complexity index is 783. The molecule has 1 aliphatic rings. The molecule has 0 aliphatic carbocycles. The van der Waals surface area contributed by atoms with Crippen molar-refractivity contribution >= 4 is 23.4 Å². The molecule has 0 radical (unpaired) electrons. The Morgan fingerprint density at radius 2 is 2.04 bits per heavy atom. The molecule has 132 valence electrons. The van der Waals surface area contributed by atoms with Crippen molar-refractivity contribution in [2.45, 2.75) is 17.9 Å². The molecule has 0 saturated carbocycles. The summed E-state index contributed by atoms with van der Waals surface area (Å²) in [6, 6.07) is 10.5.